The van der Waals surface area contributed by atoms with Crippen LogP contribution in [-0.4, -0.2) is 6.54 Å². The maximum absolute atomic E-state index is 11.1. The second-order valence-corrected chi connectivity index (χ2v) is 2.19. The average molecular weight is 148 g/mol. The monoisotopic (exact) mass is 148 g/mol. The highest BCUT2D eigenvalue weighted by molar-refractivity contribution is 5.47. The van der Waals surface area contributed by atoms with E-state index in [0.717, 1.165) is 5.06 Å². The first kappa shape index (κ1) is 7.82. The molecular weight excluding hydrogens is 138 g/mol. The van der Waals surface area contributed by atoms with Gasteiger partial charge in [0.1, 0.15) is 0 Å². The van der Waals surface area contributed by atoms with Crippen molar-refractivity contribution < 1.29 is 0 Å². The first-order chi connectivity index (χ1) is 5.34. The molecule has 0 amide bonds. The molecule has 0 N–H and O–H groups in total. The smallest absolute Gasteiger partial charge is 0.0261 e. The summed E-state index contributed by atoms with van der Waals surface area (Å²) in [4.78, 5) is 0. The van der Waals surface area contributed by atoms with Crippen molar-refractivity contribution in [1.29, 1.82) is 0 Å². The zero-order chi connectivity index (χ0) is 8.10. The van der Waals surface area contributed by atoms with E-state index >= 15 is 0 Å². The summed E-state index contributed by atoms with van der Waals surface area (Å²) in [5.41, 5.74) is 0.674. The van der Waals surface area contributed by atoms with E-state index in [0.29, 0.717) is 12.2 Å². The fraction of sp³-hybridized carbons (Fsp3) is 0.111. The minimum atomic E-state index is 0.337. The quantitative estimate of drug-likeness (QED) is 0.485. The van der Waals surface area contributed by atoms with Gasteiger partial charge in [-0.25, -0.2) is 0 Å². The van der Waals surface area contributed by atoms with Gasteiger partial charge in [-0.05, 0) is 12.1 Å². The molecule has 0 atom stereocenters. The molecule has 0 aliphatic heterocycles. The molecule has 0 unspecified atom stereocenters. The highest BCUT2D eigenvalue weighted by atomic mass is 16.5. The van der Waals surface area contributed by atoms with Crippen molar-refractivity contribution >= 4 is 5.69 Å². The molecule has 0 radical (unpaired) electrons. The number of rotatable bonds is 3. The molecule has 0 spiro atoms. The van der Waals surface area contributed by atoms with E-state index in [2.05, 4.69) is 6.58 Å². The van der Waals surface area contributed by atoms with Crippen LogP contribution in [0.15, 0.2) is 43.0 Å². The molecule has 1 aromatic carbocycles. The predicted molar refractivity (Wildman–Crippen MR) is 47.4 cm³/mol. The van der Waals surface area contributed by atoms with Gasteiger partial charge in [-0.3, -0.25) is 0 Å². The van der Waals surface area contributed by atoms with E-state index in [-0.39, 0.29) is 0 Å². The molecule has 0 fully saturated rings. The van der Waals surface area contributed by atoms with Crippen molar-refractivity contribution in [3.63, 3.8) is 0 Å². The lowest BCUT2D eigenvalue weighted by atomic mass is 10.3. The molecule has 0 bridgehead atoms. The molecule has 0 aromatic heterocycles. The number of benzene rings is 1. The zero-order valence-electron chi connectivity index (χ0n) is 6.23. The zero-order valence-corrected chi connectivity index (χ0v) is 6.23. The van der Waals surface area contributed by atoms with Crippen molar-refractivity contribution in [3.8, 4) is 0 Å². The third-order valence-corrected chi connectivity index (χ3v) is 1.34. The Kier molecular flexibility index (Phi) is 2.69. The van der Waals surface area contributed by atoms with Crippen LogP contribution in [0.4, 0.5) is 5.69 Å². The molecular formula is C9H10NO-. The molecule has 58 valence electrons. The van der Waals surface area contributed by atoms with Gasteiger partial charge in [0.15, 0.2) is 0 Å². The maximum atomic E-state index is 11.1. The van der Waals surface area contributed by atoms with Crippen molar-refractivity contribution in [3.05, 3.63) is 48.2 Å². The summed E-state index contributed by atoms with van der Waals surface area (Å²) in [7, 11) is 0. The molecule has 0 aliphatic rings. The van der Waals surface area contributed by atoms with Crippen molar-refractivity contribution in [1.82, 2.24) is 0 Å². The fourth-order valence-corrected chi connectivity index (χ4v) is 0.817. The largest absolute Gasteiger partial charge is 0.758 e. The summed E-state index contributed by atoms with van der Waals surface area (Å²) >= 11 is 0. The summed E-state index contributed by atoms with van der Waals surface area (Å²) in [5.74, 6) is 0. The van der Waals surface area contributed by atoms with Crippen LogP contribution in [0.3, 0.4) is 0 Å². The molecule has 1 rings (SSSR count). The van der Waals surface area contributed by atoms with Gasteiger partial charge >= 0.3 is 0 Å². The van der Waals surface area contributed by atoms with Crippen LogP contribution in [0, 0.1) is 5.21 Å². The molecule has 0 aliphatic carbocycles. The second kappa shape index (κ2) is 3.78. The van der Waals surface area contributed by atoms with Gasteiger partial charge < -0.3 is 10.3 Å². The molecule has 0 saturated heterocycles. The second-order valence-electron chi connectivity index (χ2n) is 2.19. The molecule has 0 saturated carbocycles. The van der Waals surface area contributed by atoms with Gasteiger partial charge in [-0.2, -0.15) is 0 Å². The van der Waals surface area contributed by atoms with Crippen LogP contribution in [0.25, 0.3) is 0 Å². The Hall–Kier alpha value is -1.28. The molecule has 2 heteroatoms. The number of hydrogen-bond donors (Lipinski definition) is 0. The summed E-state index contributed by atoms with van der Waals surface area (Å²) in [6.45, 7) is 3.82. The Morgan fingerprint density at radius 3 is 2.55 bits per heavy atom. The number of hydrogen-bond acceptors (Lipinski definition) is 2. The predicted octanol–water partition coefficient (Wildman–Crippen LogP) is 2.18. The van der Waals surface area contributed by atoms with Gasteiger partial charge in [0.2, 0.25) is 0 Å². The van der Waals surface area contributed by atoms with Gasteiger partial charge in [-0.15, -0.1) is 6.58 Å². The Labute approximate surface area is 66.3 Å². The molecule has 11 heavy (non-hydrogen) atoms. The van der Waals surface area contributed by atoms with Gasteiger partial charge in [0.05, 0.1) is 0 Å². The number of anilines is 1. The Bertz CT molecular complexity index is 220. The van der Waals surface area contributed by atoms with Crippen molar-refractivity contribution in [2.75, 3.05) is 11.6 Å². The molecule has 2 nitrogen and oxygen atoms in total. The van der Waals surface area contributed by atoms with Crippen LogP contribution in [0.2, 0.25) is 0 Å². The summed E-state index contributed by atoms with van der Waals surface area (Å²) < 4.78 is 0. The minimum absolute atomic E-state index is 0.337. The summed E-state index contributed by atoms with van der Waals surface area (Å²) in [6, 6.07) is 9.10. The van der Waals surface area contributed by atoms with Crippen LogP contribution >= 0.6 is 0 Å². The topological polar surface area (TPSA) is 26.3 Å². The lowest BCUT2D eigenvalue weighted by Crippen LogP contribution is -2.13. The fourth-order valence-electron chi connectivity index (χ4n) is 0.817. The number of hydroxylamine groups is 1. The van der Waals surface area contributed by atoms with Gasteiger partial charge in [-0.1, -0.05) is 24.3 Å². The van der Waals surface area contributed by atoms with E-state index < -0.39 is 0 Å². The third kappa shape index (κ3) is 2.09. The normalized spacial score (nSPS) is 9.18. The summed E-state index contributed by atoms with van der Waals surface area (Å²) in [6.07, 6.45) is 1.58. The van der Waals surface area contributed by atoms with E-state index in [4.69, 9.17) is 0 Å². The lowest BCUT2D eigenvalue weighted by molar-refractivity contribution is 1.10. The first-order valence-electron chi connectivity index (χ1n) is 3.45. The van der Waals surface area contributed by atoms with Crippen molar-refractivity contribution in [2.24, 2.45) is 0 Å². The third-order valence-electron chi connectivity index (χ3n) is 1.34. The Morgan fingerprint density at radius 2 is 2.00 bits per heavy atom. The van der Waals surface area contributed by atoms with Crippen LogP contribution in [0.5, 0.6) is 0 Å². The number of para-hydroxylation sites is 1. The Balaban J connectivity index is 2.68. The highest BCUT2D eigenvalue weighted by Gasteiger charge is 1.88. The maximum Gasteiger partial charge on any atom is 0.0261 e. The first-order valence-corrected chi connectivity index (χ1v) is 3.45. The minimum Gasteiger partial charge on any atom is -0.758 e. The standard InChI is InChI=1S/C9H10NO/c1-2-8-10(11)9-6-4-3-5-7-9/h2-7H,1,8H2/q-1. The number of nitrogens with zero attached hydrogens (tertiary/aromatic N) is 1. The van der Waals surface area contributed by atoms with Crippen LogP contribution in [0.1, 0.15) is 0 Å². The van der Waals surface area contributed by atoms with Gasteiger partial charge in [0, 0.05) is 12.2 Å². The molecule has 0 heterocycles. The van der Waals surface area contributed by atoms with E-state index in [1.54, 1.807) is 18.2 Å². The SMILES string of the molecule is C=CCN([O-])c1ccccc1. The Morgan fingerprint density at radius 1 is 1.36 bits per heavy atom. The van der Waals surface area contributed by atoms with Crippen molar-refractivity contribution in [2.45, 2.75) is 0 Å². The lowest BCUT2D eigenvalue weighted by Gasteiger charge is -2.28. The average Bonchev–Trinajstić information content (AvgIpc) is 2.07. The van der Waals surface area contributed by atoms with E-state index in [1.165, 1.54) is 0 Å². The van der Waals surface area contributed by atoms with E-state index in [9.17, 15) is 5.21 Å². The van der Waals surface area contributed by atoms with Gasteiger partial charge in [0.25, 0.3) is 0 Å². The van der Waals surface area contributed by atoms with E-state index in [1.807, 2.05) is 18.2 Å². The van der Waals surface area contributed by atoms with Crippen LogP contribution in [-0.2, 0) is 0 Å². The van der Waals surface area contributed by atoms with Crippen LogP contribution < -0.4 is 5.06 Å². The molecule has 1 aromatic rings. The highest BCUT2D eigenvalue weighted by Crippen LogP contribution is 2.10. The summed E-state index contributed by atoms with van der Waals surface area (Å²) in [5, 5.41) is 12.0.